The van der Waals surface area contributed by atoms with Gasteiger partial charge in [0.1, 0.15) is 11.2 Å². The summed E-state index contributed by atoms with van der Waals surface area (Å²) in [5.74, 6) is -0.392. The Morgan fingerprint density at radius 2 is 1.40 bits per heavy atom. The van der Waals surface area contributed by atoms with E-state index in [1.165, 1.54) is 0 Å². The summed E-state index contributed by atoms with van der Waals surface area (Å²) in [5.41, 5.74) is 0.779. The quantitative estimate of drug-likeness (QED) is 0.843. The van der Waals surface area contributed by atoms with Gasteiger partial charge in [0, 0.05) is 5.92 Å². The summed E-state index contributed by atoms with van der Waals surface area (Å²) in [6.07, 6.45) is 0. The molecule has 0 saturated carbocycles. The Bertz CT molecular complexity index is 586. The second-order valence-corrected chi connectivity index (χ2v) is 4.98. The van der Waals surface area contributed by atoms with Crippen LogP contribution >= 0.6 is 0 Å². The maximum absolute atomic E-state index is 11.9. The predicted octanol–water partition coefficient (Wildman–Crippen LogP) is 3.72. The highest BCUT2D eigenvalue weighted by molar-refractivity contribution is 5.82. The summed E-state index contributed by atoms with van der Waals surface area (Å²) in [7, 11) is 0. The minimum Gasteiger partial charge on any atom is -0.300 e. The van der Waals surface area contributed by atoms with Crippen molar-refractivity contribution in [2.75, 3.05) is 0 Å². The zero-order valence-corrected chi connectivity index (χ0v) is 11.7. The van der Waals surface area contributed by atoms with Gasteiger partial charge in [-0.1, -0.05) is 67.6 Å². The van der Waals surface area contributed by atoms with E-state index in [1.54, 1.807) is 6.92 Å². The number of carbonyl (C=O) groups excluding carboxylic acids is 1. The van der Waals surface area contributed by atoms with E-state index in [1.807, 2.05) is 67.6 Å². The molecule has 0 radical (unpaired) electrons. The summed E-state index contributed by atoms with van der Waals surface area (Å²) in [6, 6.07) is 21.5. The first-order chi connectivity index (χ1) is 9.63. The molecular formula is C18H17NO. The highest BCUT2D eigenvalue weighted by Crippen LogP contribution is 2.39. The minimum absolute atomic E-state index is 0.0132. The van der Waals surface area contributed by atoms with Crippen LogP contribution in [-0.2, 0) is 10.2 Å². The Morgan fingerprint density at radius 1 is 1.00 bits per heavy atom. The fraction of sp³-hybridized carbons (Fsp3) is 0.222. The van der Waals surface area contributed by atoms with Gasteiger partial charge in [0.05, 0.1) is 6.07 Å². The number of ketones is 1. The van der Waals surface area contributed by atoms with Crippen LogP contribution in [0.1, 0.15) is 25.0 Å². The van der Waals surface area contributed by atoms with E-state index in [0.717, 1.165) is 11.1 Å². The lowest BCUT2D eigenvalue weighted by Gasteiger charge is -2.32. The fourth-order valence-electron chi connectivity index (χ4n) is 2.60. The molecule has 0 fully saturated rings. The average molecular weight is 263 g/mol. The monoisotopic (exact) mass is 263 g/mol. The van der Waals surface area contributed by atoms with Gasteiger partial charge in [-0.3, -0.25) is 4.79 Å². The van der Waals surface area contributed by atoms with Crippen LogP contribution in [0.25, 0.3) is 0 Å². The summed E-state index contributed by atoms with van der Waals surface area (Å²) in [5, 5.41) is 9.90. The van der Waals surface area contributed by atoms with Crippen molar-refractivity contribution in [3.63, 3.8) is 0 Å². The van der Waals surface area contributed by atoms with Gasteiger partial charge in [0.25, 0.3) is 0 Å². The zero-order valence-electron chi connectivity index (χ0n) is 11.7. The van der Waals surface area contributed by atoms with E-state index < -0.39 is 11.3 Å². The Balaban J connectivity index is 2.72. The molecule has 0 spiro atoms. The third-order valence-electron chi connectivity index (χ3n) is 3.89. The van der Waals surface area contributed by atoms with Gasteiger partial charge in [-0.25, -0.2) is 0 Å². The first kappa shape index (κ1) is 14.0. The minimum atomic E-state index is -0.936. The van der Waals surface area contributed by atoms with Crippen molar-refractivity contribution < 1.29 is 4.79 Å². The van der Waals surface area contributed by atoms with Crippen molar-refractivity contribution in [3.8, 4) is 6.07 Å². The van der Waals surface area contributed by atoms with Crippen molar-refractivity contribution in [2.45, 2.75) is 19.3 Å². The molecule has 0 N–H and O–H groups in total. The van der Waals surface area contributed by atoms with Crippen LogP contribution in [0, 0.1) is 17.2 Å². The molecular weight excluding hydrogens is 246 g/mol. The van der Waals surface area contributed by atoms with Gasteiger partial charge < -0.3 is 0 Å². The first-order valence-electron chi connectivity index (χ1n) is 6.65. The summed E-state index contributed by atoms with van der Waals surface area (Å²) in [6.45, 7) is 3.37. The van der Waals surface area contributed by atoms with Crippen molar-refractivity contribution >= 4 is 5.78 Å². The predicted molar refractivity (Wildman–Crippen MR) is 79.1 cm³/mol. The summed E-state index contributed by atoms with van der Waals surface area (Å²) in [4.78, 5) is 11.9. The lowest BCUT2D eigenvalue weighted by Crippen LogP contribution is -2.37. The van der Waals surface area contributed by atoms with Crippen molar-refractivity contribution in [1.82, 2.24) is 0 Å². The van der Waals surface area contributed by atoms with Gasteiger partial charge >= 0.3 is 0 Å². The number of carbonyl (C=O) groups is 1. The molecule has 0 aliphatic rings. The second-order valence-electron chi connectivity index (χ2n) is 4.98. The fourth-order valence-corrected chi connectivity index (χ4v) is 2.60. The second kappa shape index (κ2) is 5.71. The van der Waals surface area contributed by atoms with Crippen LogP contribution in [0.5, 0.6) is 0 Å². The van der Waals surface area contributed by atoms with Crippen LogP contribution < -0.4 is 0 Å². The third-order valence-corrected chi connectivity index (χ3v) is 3.89. The number of hydrogen-bond acceptors (Lipinski definition) is 2. The van der Waals surface area contributed by atoms with Gasteiger partial charge in [-0.15, -0.1) is 0 Å². The van der Waals surface area contributed by atoms with E-state index in [0.29, 0.717) is 0 Å². The molecule has 1 atom stereocenters. The van der Waals surface area contributed by atoms with Crippen LogP contribution in [0.2, 0.25) is 0 Å². The van der Waals surface area contributed by atoms with Crippen molar-refractivity contribution in [2.24, 2.45) is 5.92 Å². The highest BCUT2D eigenvalue weighted by Gasteiger charge is 2.42. The molecule has 0 saturated heterocycles. The van der Waals surface area contributed by atoms with Gasteiger partial charge in [-0.2, -0.15) is 5.26 Å². The van der Waals surface area contributed by atoms with Crippen LogP contribution in [-0.4, -0.2) is 5.78 Å². The SMILES string of the molecule is CC(=O)[C@@H](C)C(C#N)(c1ccccc1)c1ccccc1. The van der Waals surface area contributed by atoms with E-state index in [9.17, 15) is 10.1 Å². The van der Waals surface area contributed by atoms with Gasteiger partial charge in [0.15, 0.2) is 0 Å². The largest absolute Gasteiger partial charge is 0.300 e. The molecule has 2 aromatic rings. The van der Waals surface area contributed by atoms with E-state index in [2.05, 4.69) is 6.07 Å². The van der Waals surface area contributed by atoms with E-state index in [4.69, 9.17) is 0 Å². The lowest BCUT2D eigenvalue weighted by molar-refractivity contribution is -0.121. The topological polar surface area (TPSA) is 40.9 Å². The van der Waals surface area contributed by atoms with E-state index >= 15 is 0 Å². The van der Waals surface area contributed by atoms with Crippen molar-refractivity contribution in [1.29, 1.82) is 5.26 Å². The molecule has 0 aliphatic heterocycles. The van der Waals surface area contributed by atoms with Crippen LogP contribution in [0.4, 0.5) is 0 Å². The van der Waals surface area contributed by atoms with Crippen molar-refractivity contribution in [3.05, 3.63) is 71.8 Å². The molecule has 0 unspecified atom stereocenters. The van der Waals surface area contributed by atoms with E-state index in [-0.39, 0.29) is 5.78 Å². The summed E-state index contributed by atoms with van der Waals surface area (Å²) >= 11 is 0. The molecule has 2 nitrogen and oxygen atoms in total. The van der Waals surface area contributed by atoms with Gasteiger partial charge in [0.2, 0.25) is 0 Å². The number of rotatable bonds is 4. The third kappa shape index (κ3) is 2.23. The zero-order chi connectivity index (χ0) is 14.6. The highest BCUT2D eigenvalue weighted by atomic mass is 16.1. The Labute approximate surface area is 119 Å². The number of hydrogen-bond donors (Lipinski definition) is 0. The molecule has 20 heavy (non-hydrogen) atoms. The normalized spacial score (nSPS) is 12.4. The Hall–Kier alpha value is -2.40. The molecule has 0 amide bonds. The number of Topliss-reactive ketones (excluding diaryl/α,β-unsaturated/α-hetero) is 1. The van der Waals surface area contributed by atoms with Crippen LogP contribution in [0.15, 0.2) is 60.7 Å². The Kier molecular flexibility index (Phi) is 4.00. The molecule has 0 heterocycles. The summed E-state index contributed by atoms with van der Waals surface area (Å²) < 4.78 is 0. The molecule has 0 aromatic heterocycles. The smallest absolute Gasteiger partial charge is 0.134 e. The molecule has 100 valence electrons. The standard InChI is InChI=1S/C18H17NO/c1-14(15(2)20)18(13-19,16-9-5-3-6-10-16)17-11-7-4-8-12-17/h3-12,14H,1-2H3/t14-/m1/s1. The molecule has 2 aromatic carbocycles. The van der Waals surface area contributed by atoms with Crippen LogP contribution in [0.3, 0.4) is 0 Å². The number of nitriles is 1. The van der Waals surface area contributed by atoms with Gasteiger partial charge in [-0.05, 0) is 18.1 Å². The Morgan fingerprint density at radius 3 is 1.70 bits per heavy atom. The lowest BCUT2D eigenvalue weighted by atomic mass is 9.66. The number of benzene rings is 2. The first-order valence-corrected chi connectivity index (χ1v) is 6.65. The average Bonchev–Trinajstić information content (AvgIpc) is 2.50. The molecule has 0 bridgehead atoms. The molecule has 0 aliphatic carbocycles. The maximum Gasteiger partial charge on any atom is 0.134 e. The molecule has 2 heteroatoms. The number of nitrogens with zero attached hydrogens (tertiary/aromatic N) is 1. The maximum atomic E-state index is 11.9. The molecule has 2 rings (SSSR count).